The van der Waals surface area contributed by atoms with E-state index in [1.807, 2.05) is 31.2 Å². The highest BCUT2D eigenvalue weighted by molar-refractivity contribution is 6.00. The lowest BCUT2D eigenvalue weighted by Gasteiger charge is -2.26. The van der Waals surface area contributed by atoms with E-state index in [4.69, 9.17) is 0 Å². The fraction of sp³-hybridized carbons (Fsp3) is 0.533. The number of nitrogens with zero attached hydrogens (tertiary/aromatic N) is 1. The van der Waals surface area contributed by atoms with Gasteiger partial charge in [0, 0.05) is 18.8 Å². The summed E-state index contributed by atoms with van der Waals surface area (Å²) in [6, 6.07) is 7.51. The molecule has 0 spiro atoms. The summed E-state index contributed by atoms with van der Waals surface area (Å²) in [7, 11) is 0. The first-order chi connectivity index (χ1) is 9.19. The molecule has 0 saturated carbocycles. The van der Waals surface area contributed by atoms with Crippen molar-refractivity contribution in [1.29, 1.82) is 0 Å². The zero-order valence-electron chi connectivity index (χ0n) is 11.6. The third kappa shape index (κ3) is 2.73. The first-order valence-electron chi connectivity index (χ1n) is 6.93. The van der Waals surface area contributed by atoms with E-state index in [9.17, 15) is 9.90 Å². The van der Waals surface area contributed by atoms with E-state index < -0.39 is 0 Å². The van der Waals surface area contributed by atoms with Crippen molar-refractivity contribution in [3.8, 4) is 0 Å². The molecule has 2 unspecified atom stereocenters. The highest BCUT2D eigenvalue weighted by Crippen LogP contribution is 2.27. The molecule has 4 nitrogen and oxygen atoms in total. The smallest absolute Gasteiger partial charge is 0.256 e. The van der Waals surface area contributed by atoms with E-state index in [0.717, 1.165) is 25.2 Å². The van der Waals surface area contributed by atoms with Crippen molar-refractivity contribution in [3.05, 3.63) is 29.8 Å². The summed E-state index contributed by atoms with van der Waals surface area (Å²) < 4.78 is 0. The molecule has 2 rings (SSSR count). The summed E-state index contributed by atoms with van der Waals surface area (Å²) in [5.74, 6) is 0.375. The fourth-order valence-electron chi connectivity index (χ4n) is 2.71. The number of benzene rings is 1. The lowest BCUT2D eigenvalue weighted by molar-refractivity contribution is 0.0649. The molecule has 2 atom stereocenters. The zero-order chi connectivity index (χ0) is 13.8. The maximum Gasteiger partial charge on any atom is 0.256 e. The molecule has 1 fully saturated rings. The zero-order valence-corrected chi connectivity index (χ0v) is 11.6. The Kier molecular flexibility index (Phi) is 4.43. The predicted molar refractivity (Wildman–Crippen MR) is 76.3 cm³/mol. The van der Waals surface area contributed by atoms with Crippen LogP contribution < -0.4 is 5.32 Å². The van der Waals surface area contributed by atoms with Gasteiger partial charge in [-0.3, -0.25) is 4.79 Å². The average molecular weight is 262 g/mol. The van der Waals surface area contributed by atoms with Crippen LogP contribution in [0, 0.1) is 5.92 Å². The van der Waals surface area contributed by atoms with Gasteiger partial charge in [-0.25, -0.2) is 0 Å². The largest absolute Gasteiger partial charge is 0.394 e. The van der Waals surface area contributed by atoms with Crippen molar-refractivity contribution in [3.63, 3.8) is 0 Å². The van der Waals surface area contributed by atoms with Gasteiger partial charge in [-0.15, -0.1) is 0 Å². The first-order valence-corrected chi connectivity index (χ1v) is 6.93. The molecule has 1 amide bonds. The number of aliphatic hydroxyl groups excluding tert-OH is 1. The molecule has 1 aromatic carbocycles. The van der Waals surface area contributed by atoms with Gasteiger partial charge in [0.1, 0.15) is 0 Å². The number of nitrogens with one attached hydrogen (secondary N) is 1. The lowest BCUT2D eigenvalue weighted by Crippen LogP contribution is -2.40. The summed E-state index contributed by atoms with van der Waals surface area (Å²) >= 11 is 0. The maximum absolute atomic E-state index is 12.6. The number of carbonyl (C=O) groups excluding carboxylic acids is 1. The summed E-state index contributed by atoms with van der Waals surface area (Å²) in [5.41, 5.74) is 1.56. The number of hydrogen-bond acceptors (Lipinski definition) is 3. The monoisotopic (exact) mass is 262 g/mol. The molecular formula is C15H22N2O2. The van der Waals surface area contributed by atoms with Crippen LogP contribution in [0.15, 0.2) is 24.3 Å². The van der Waals surface area contributed by atoms with E-state index in [2.05, 4.69) is 12.2 Å². The molecule has 0 aromatic heterocycles. The Morgan fingerprint density at radius 3 is 2.89 bits per heavy atom. The quantitative estimate of drug-likeness (QED) is 0.872. The van der Waals surface area contributed by atoms with Crippen molar-refractivity contribution >= 4 is 11.6 Å². The molecule has 0 aliphatic carbocycles. The molecule has 2 N–H and O–H groups in total. The molecule has 1 aliphatic rings. The average Bonchev–Trinajstić information content (AvgIpc) is 2.80. The molecule has 4 heteroatoms. The SMILES string of the molecule is CCNc1ccccc1C(=O)N1CCC(C)C1CO. The molecule has 0 bridgehead atoms. The van der Waals surface area contributed by atoms with E-state index in [0.29, 0.717) is 11.5 Å². The van der Waals surface area contributed by atoms with Crippen LogP contribution in [0.1, 0.15) is 30.6 Å². The van der Waals surface area contributed by atoms with Gasteiger partial charge >= 0.3 is 0 Å². The van der Waals surface area contributed by atoms with E-state index in [1.54, 1.807) is 4.90 Å². The number of amides is 1. The Hall–Kier alpha value is -1.55. The van der Waals surface area contributed by atoms with Gasteiger partial charge in [0.05, 0.1) is 18.2 Å². The number of carbonyl (C=O) groups is 1. The van der Waals surface area contributed by atoms with Crippen molar-refractivity contribution in [2.75, 3.05) is 25.0 Å². The summed E-state index contributed by atoms with van der Waals surface area (Å²) in [5, 5.41) is 12.7. The van der Waals surface area contributed by atoms with Gasteiger partial charge < -0.3 is 15.3 Å². The van der Waals surface area contributed by atoms with E-state index in [-0.39, 0.29) is 18.6 Å². The molecule has 1 aromatic rings. The Morgan fingerprint density at radius 1 is 1.47 bits per heavy atom. The topological polar surface area (TPSA) is 52.6 Å². The van der Waals surface area contributed by atoms with Crippen molar-refractivity contribution < 1.29 is 9.90 Å². The Morgan fingerprint density at radius 2 is 2.21 bits per heavy atom. The minimum absolute atomic E-state index is 0.0138. The number of hydrogen-bond donors (Lipinski definition) is 2. The normalized spacial score (nSPS) is 22.6. The van der Waals surface area contributed by atoms with Gasteiger partial charge in [0.2, 0.25) is 0 Å². The van der Waals surface area contributed by atoms with Crippen molar-refractivity contribution in [2.24, 2.45) is 5.92 Å². The van der Waals surface area contributed by atoms with Gasteiger partial charge in [-0.05, 0) is 31.4 Å². The Balaban J connectivity index is 2.24. The van der Waals surface area contributed by atoms with Crippen LogP contribution in [-0.2, 0) is 0 Å². The number of para-hydroxylation sites is 1. The minimum atomic E-state index is -0.0535. The molecule has 104 valence electrons. The third-order valence-corrected chi connectivity index (χ3v) is 3.86. The van der Waals surface area contributed by atoms with E-state index in [1.165, 1.54) is 0 Å². The van der Waals surface area contributed by atoms with Gasteiger partial charge in [-0.1, -0.05) is 19.1 Å². The van der Waals surface area contributed by atoms with Crippen LogP contribution in [0.5, 0.6) is 0 Å². The number of aliphatic hydroxyl groups is 1. The van der Waals surface area contributed by atoms with Gasteiger partial charge in [-0.2, -0.15) is 0 Å². The second kappa shape index (κ2) is 6.06. The molecule has 1 heterocycles. The van der Waals surface area contributed by atoms with Crippen LogP contribution in [0.25, 0.3) is 0 Å². The van der Waals surface area contributed by atoms with Crippen LogP contribution in [0.4, 0.5) is 5.69 Å². The fourth-order valence-corrected chi connectivity index (χ4v) is 2.71. The molecule has 19 heavy (non-hydrogen) atoms. The first kappa shape index (κ1) is 13.9. The van der Waals surface area contributed by atoms with Crippen molar-refractivity contribution in [1.82, 2.24) is 4.90 Å². The number of rotatable bonds is 4. The molecule has 1 aliphatic heterocycles. The highest BCUT2D eigenvalue weighted by atomic mass is 16.3. The standard InChI is InChI=1S/C15H22N2O2/c1-3-16-13-7-5-4-6-12(13)15(19)17-9-8-11(2)14(17)10-18/h4-7,11,14,16,18H,3,8-10H2,1-2H3. The second-order valence-corrected chi connectivity index (χ2v) is 5.09. The maximum atomic E-state index is 12.6. The van der Waals surface area contributed by atoms with Crippen molar-refractivity contribution in [2.45, 2.75) is 26.3 Å². The van der Waals surface area contributed by atoms with Crippen LogP contribution in [0.2, 0.25) is 0 Å². The number of likely N-dealkylation sites (tertiary alicyclic amines) is 1. The molecule has 0 radical (unpaired) electrons. The highest BCUT2D eigenvalue weighted by Gasteiger charge is 2.34. The summed E-state index contributed by atoms with van der Waals surface area (Å²) in [4.78, 5) is 14.4. The van der Waals surface area contributed by atoms with Crippen LogP contribution in [0.3, 0.4) is 0 Å². The summed E-state index contributed by atoms with van der Waals surface area (Å²) in [6.07, 6.45) is 0.959. The predicted octanol–water partition coefficient (Wildman–Crippen LogP) is 1.96. The minimum Gasteiger partial charge on any atom is -0.394 e. The van der Waals surface area contributed by atoms with Gasteiger partial charge in [0.25, 0.3) is 5.91 Å². The van der Waals surface area contributed by atoms with E-state index >= 15 is 0 Å². The summed E-state index contributed by atoms with van der Waals surface area (Å²) in [6.45, 7) is 5.65. The Labute approximate surface area is 114 Å². The molecule has 1 saturated heterocycles. The van der Waals surface area contributed by atoms with Crippen LogP contribution >= 0.6 is 0 Å². The van der Waals surface area contributed by atoms with Crippen LogP contribution in [-0.4, -0.2) is 41.7 Å². The number of anilines is 1. The van der Waals surface area contributed by atoms with Gasteiger partial charge in [0.15, 0.2) is 0 Å². The Bertz CT molecular complexity index is 448. The molecular weight excluding hydrogens is 240 g/mol. The lowest BCUT2D eigenvalue weighted by atomic mass is 10.0. The third-order valence-electron chi connectivity index (χ3n) is 3.86. The second-order valence-electron chi connectivity index (χ2n) is 5.09.